The smallest absolute Gasteiger partial charge is 0.162 e. The van der Waals surface area contributed by atoms with E-state index in [0.29, 0.717) is 10.9 Å². The number of hydrogen-bond acceptors (Lipinski definition) is 4. The van der Waals surface area contributed by atoms with E-state index >= 15 is 4.39 Å². The molecule has 0 bridgehead atoms. The van der Waals surface area contributed by atoms with E-state index in [2.05, 4.69) is 20.7 Å². The van der Waals surface area contributed by atoms with E-state index in [0.717, 1.165) is 31.3 Å². The van der Waals surface area contributed by atoms with Crippen molar-refractivity contribution in [2.45, 2.75) is 18.9 Å². The normalized spacial score (nSPS) is 19.8. The van der Waals surface area contributed by atoms with Gasteiger partial charge in [0.15, 0.2) is 6.33 Å². The number of benzene rings is 2. The van der Waals surface area contributed by atoms with Crippen LogP contribution in [0.15, 0.2) is 42.7 Å². The summed E-state index contributed by atoms with van der Waals surface area (Å²) < 4.78 is 15.2. The first-order valence-electron chi connectivity index (χ1n) is 7.95. The summed E-state index contributed by atoms with van der Waals surface area (Å²) in [6.07, 6.45) is 3.50. The Morgan fingerprint density at radius 3 is 2.91 bits per heavy atom. The molecule has 2 atom stereocenters. The zero-order valence-corrected chi connectivity index (χ0v) is 12.7. The van der Waals surface area contributed by atoms with Crippen LogP contribution >= 0.6 is 0 Å². The van der Waals surface area contributed by atoms with Crippen molar-refractivity contribution in [3.63, 3.8) is 0 Å². The number of nitrogens with one attached hydrogen (secondary N) is 1. The molecule has 1 N–H and O–H groups in total. The van der Waals surface area contributed by atoms with Gasteiger partial charge in [0.2, 0.25) is 0 Å². The Bertz CT molecular complexity index is 796. The zero-order valence-electron chi connectivity index (χ0n) is 12.7. The van der Waals surface area contributed by atoms with Gasteiger partial charge in [0.1, 0.15) is 11.9 Å². The zero-order chi connectivity index (χ0) is 15.6. The highest BCUT2D eigenvalue weighted by atomic mass is 19.1. The molecule has 4 rings (SSSR count). The van der Waals surface area contributed by atoms with Crippen LogP contribution in [0.4, 0.5) is 4.39 Å². The molecule has 2 aromatic carbocycles. The van der Waals surface area contributed by atoms with E-state index in [1.807, 2.05) is 36.4 Å². The second-order valence-corrected chi connectivity index (χ2v) is 6.00. The van der Waals surface area contributed by atoms with Gasteiger partial charge >= 0.3 is 0 Å². The average Bonchev–Trinajstić information content (AvgIpc) is 3.13. The SMILES string of the molecule is Fc1c([C@@H]([C@H]2CCCNC2)n2ncnn2)ccc2ccccc12. The Kier molecular flexibility index (Phi) is 3.75. The van der Waals surface area contributed by atoms with Gasteiger partial charge in [0.25, 0.3) is 0 Å². The molecule has 6 heteroatoms. The van der Waals surface area contributed by atoms with E-state index in [1.54, 1.807) is 4.80 Å². The molecule has 0 spiro atoms. The molecule has 0 aliphatic carbocycles. The summed E-state index contributed by atoms with van der Waals surface area (Å²) >= 11 is 0. The summed E-state index contributed by atoms with van der Waals surface area (Å²) in [6, 6.07) is 11.1. The summed E-state index contributed by atoms with van der Waals surface area (Å²) in [7, 11) is 0. The third-order valence-corrected chi connectivity index (χ3v) is 4.61. The molecule has 1 aliphatic heterocycles. The second-order valence-electron chi connectivity index (χ2n) is 6.00. The number of nitrogens with zero attached hydrogens (tertiary/aromatic N) is 4. The van der Waals surface area contributed by atoms with Gasteiger partial charge in [-0.05, 0) is 35.9 Å². The van der Waals surface area contributed by atoms with E-state index in [9.17, 15) is 0 Å². The summed E-state index contributed by atoms with van der Waals surface area (Å²) in [5, 5.41) is 17.0. The van der Waals surface area contributed by atoms with Crippen LogP contribution in [0.5, 0.6) is 0 Å². The molecular formula is C17H18FN5. The number of hydrogen-bond donors (Lipinski definition) is 1. The second kappa shape index (κ2) is 6.04. The van der Waals surface area contributed by atoms with Gasteiger partial charge < -0.3 is 5.32 Å². The van der Waals surface area contributed by atoms with Crippen molar-refractivity contribution < 1.29 is 4.39 Å². The van der Waals surface area contributed by atoms with Crippen molar-refractivity contribution in [3.05, 3.63) is 54.1 Å². The molecule has 118 valence electrons. The van der Waals surface area contributed by atoms with Crippen LogP contribution in [0.3, 0.4) is 0 Å². The molecule has 1 aliphatic rings. The number of piperidine rings is 1. The van der Waals surface area contributed by atoms with Gasteiger partial charge in [-0.15, -0.1) is 10.2 Å². The van der Waals surface area contributed by atoms with Crippen LogP contribution in [0.25, 0.3) is 10.8 Å². The first kappa shape index (κ1) is 14.3. The van der Waals surface area contributed by atoms with E-state index in [-0.39, 0.29) is 17.8 Å². The molecule has 5 nitrogen and oxygen atoms in total. The molecule has 1 aromatic heterocycles. The van der Waals surface area contributed by atoms with Crippen LogP contribution in [0, 0.1) is 11.7 Å². The lowest BCUT2D eigenvalue weighted by atomic mass is 9.86. The Labute approximate surface area is 133 Å². The van der Waals surface area contributed by atoms with Gasteiger partial charge in [-0.3, -0.25) is 0 Å². The van der Waals surface area contributed by atoms with Crippen LogP contribution < -0.4 is 5.32 Å². The van der Waals surface area contributed by atoms with E-state index in [4.69, 9.17) is 0 Å². The Balaban J connectivity index is 1.84. The lowest BCUT2D eigenvalue weighted by molar-refractivity contribution is 0.257. The molecular weight excluding hydrogens is 293 g/mol. The van der Waals surface area contributed by atoms with Gasteiger partial charge in [0, 0.05) is 17.5 Å². The van der Waals surface area contributed by atoms with E-state index < -0.39 is 0 Å². The molecule has 23 heavy (non-hydrogen) atoms. The minimum absolute atomic E-state index is 0.184. The highest BCUT2D eigenvalue weighted by Gasteiger charge is 2.30. The third-order valence-electron chi connectivity index (χ3n) is 4.61. The highest BCUT2D eigenvalue weighted by molar-refractivity contribution is 5.83. The lowest BCUT2D eigenvalue weighted by Gasteiger charge is -2.30. The average molecular weight is 311 g/mol. The fourth-order valence-corrected chi connectivity index (χ4v) is 3.50. The predicted molar refractivity (Wildman–Crippen MR) is 85.5 cm³/mol. The minimum atomic E-state index is -0.241. The maximum absolute atomic E-state index is 15.2. The molecule has 1 saturated heterocycles. The summed E-state index contributed by atoms with van der Waals surface area (Å²) in [5.41, 5.74) is 0.635. The van der Waals surface area contributed by atoms with Crippen molar-refractivity contribution in [3.8, 4) is 0 Å². The van der Waals surface area contributed by atoms with E-state index in [1.165, 1.54) is 6.33 Å². The first-order valence-corrected chi connectivity index (χ1v) is 7.95. The molecule has 0 amide bonds. The fraction of sp³-hybridized carbons (Fsp3) is 0.353. The summed E-state index contributed by atoms with van der Waals surface area (Å²) in [4.78, 5) is 1.55. The maximum atomic E-state index is 15.2. The van der Waals surface area contributed by atoms with Gasteiger partial charge in [-0.2, -0.15) is 4.80 Å². The quantitative estimate of drug-likeness (QED) is 0.807. The number of rotatable bonds is 3. The van der Waals surface area contributed by atoms with Crippen LogP contribution in [0.1, 0.15) is 24.4 Å². The van der Waals surface area contributed by atoms with Crippen molar-refractivity contribution >= 4 is 10.8 Å². The van der Waals surface area contributed by atoms with Crippen LogP contribution in [-0.4, -0.2) is 33.3 Å². The summed E-state index contributed by atoms with van der Waals surface area (Å²) in [6.45, 7) is 1.84. The number of fused-ring (bicyclic) bond motifs is 1. The molecule has 0 saturated carbocycles. The van der Waals surface area contributed by atoms with Crippen molar-refractivity contribution in [1.29, 1.82) is 0 Å². The largest absolute Gasteiger partial charge is 0.316 e. The maximum Gasteiger partial charge on any atom is 0.162 e. The molecule has 3 aromatic rings. The minimum Gasteiger partial charge on any atom is -0.316 e. The molecule has 0 radical (unpaired) electrons. The third kappa shape index (κ3) is 2.59. The molecule has 1 fully saturated rings. The number of tetrazole rings is 1. The Hall–Kier alpha value is -2.34. The predicted octanol–water partition coefficient (Wildman–Crippen LogP) is 2.55. The van der Waals surface area contributed by atoms with Crippen LogP contribution in [0.2, 0.25) is 0 Å². The van der Waals surface area contributed by atoms with Gasteiger partial charge in [-0.25, -0.2) is 4.39 Å². The number of halogens is 1. The van der Waals surface area contributed by atoms with Gasteiger partial charge in [-0.1, -0.05) is 36.4 Å². The Morgan fingerprint density at radius 2 is 2.13 bits per heavy atom. The molecule has 2 heterocycles. The topological polar surface area (TPSA) is 55.6 Å². The number of aromatic nitrogens is 4. The monoisotopic (exact) mass is 311 g/mol. The fourth-order valence-electron chi connectivity index (χ4n) is 3.50. The van der Waals surface area contributed by atoms with Crippen LogP contribution in [-0.2, 0) is 0 Å². The van der Waals surface area contributed by atoms with Crippen molar-refractivity contribution in [2.75, 3.05) is 13.1 Å². The van der Waals surface area contributed by atoms with Crippen molar-refractivity contribution in [1.82, 2.24) is 25.5 Å². The first-order chi connectivity index (χ1) is 11.3. The van der Waals surface area contributed by atoms with Crippen molar-refractivity contribution in [2.24, 2.45) is 5.92 Å². The Morgan fingerprint density at radius 1 is 1.22 bits per heavy atom. The summed E-state index contributed by atoms with van der Waals surface area (Å²) in [5.74, 6) is 0.0598. The van der Waals surface area contributed by atoms with Gasteiger partial charge in [0.05, 0.1) is 0 Å². The molecule has 0 unspecified atom stereocenters. The standard InChI is InChI=1S/C17H18FN5/c18-16-14-6-2-1-4-12(14)7-8-15(16)17(23-21-11-20-22-23)13-5-3-9-19-10-13/h1-2,4,6-8,11,13,17,19H,3,5,9-10H2/t13-,17+/m0/s1. The highest BCUT2D eigenvalue weighted by Crippen LogP contribution is 2.34. The lowest BCUT2D eigenvalue weighted by Crippen LogP contribution is -2.36.